The molecule has 0 bridgehead atoms. The summed E-state index contributed by atoms with van der Waals surface area (Å²) in [4.78, 5) is 19.5. The van der Waals surface area contributed by atoms with Gasteiger partial charge in [-0.25, -0.2) is 22.4 Å². The summed E-state index contributed by atoms with van der Waals surface area (Å²) in [6.45, 7) is -2.12. The molecule has 0 fully saturated rings. The molecule has 0 aliphatic carbocycles. The lowest BCUT2D eigenvalue weighted by Crippen LogP contribution is -2.40. The van der Waals surface area contributed by atoms with Gasteiger partial charge >= 0.3 is 11.9 Å². The molecule has 4 nitrogen and oxygen atoms in total. The Morgan fingerprint density at radius 1 is 1.06 bits per heavy atom. The SMILES string of the molecule is O=COCC(F)(F)CC(F)(F)CC(F)(F)C(=O)O. The highest BCUT2D eigenvalue weighted by atomic mass is 19.3. The second-order valence-electron chi connectivity index (χ2n) is 3.48. The van der Waals surface area contributed by atoms with Crippen molar-refractivity contribution in [3.8, 4) is 0 Å². The summed E-state index contributed by atoms with van der Waals surface area (Å²) >= 11 is 0. The van der Waals surface area contributed by atoms with E-state index in [0.717, 1.165) is 0 Å². The molecule has 0 aliphatic rings. The highest BCUT2D eigenvalue weighted by Gasteiger charge is 2.53. The minimum atomic E-state index is -4.83. The highest BCUT2D eigenvalue weighted by molar-refractivity contribution is 5.75. The molecule has 0 aliphatic heterocycles. The van der Waals surface area contributed by atoms with Gasteiger partial charge in [0, 0.05) is 0 Å². The Morgan fingerprint density at radius 3 is 1.94 bits per heavy atom. The zero-order chi connectivity index (χ0) is 14.6. The van der Waals surface area contributed by atoms with Crippen molar-refractivity contribution < 1.29 is 45.8 Å². The molecule has 0 rings (SSSR count). The van der Waals surface area contributed by atoms with Crippen LogP contribution < -0.4 is 0 Å². The topological polar surface area (TPSA) is 63.6 Å². The van der Waals surface area contributed by atoms with Crippen LogP contribution in [0.3, 0.4) is 0 Å². The van der Waals surface area contributed by atoms with Gasteiger partial charge in [0.05, 0.1) is 12.8 Å². The number of carbonyl (C=O) groups excluding carboxylic acids is 1. The van der Waals surface area contributed by atoms with Gasteiger partial charge in [-0.1, -0.05) is 0 Å². The molecule has 106 valence electrons. The van der Waals surface area contributed by atoms with Crippen LogP contribution in [-0.2, 0) is 14.3 Å². The largest absolute Gasteiger partial charge is 0.477 e. The molecule has 0 amide bonds. The van der Waals surface area contributed by atoms with Crippen LogP contribution in [0.2, 0.25) is 0 Å². The fourth-order valence-electron chi connectivity index (χ4n) is 1.05. The third-order valence-corrected chi connectivity index (χ3v) is 1.67. The standard InChI is InChI=1S/C8H8F6O4/c9-6(10,2-8(13,14)5(16)17)1-7(11,12)3-18-4-15/h4H,1-3H2,(H,16,17). The van der Waals surface area contributed by atoms with Gasteiger partial charge < -0.3 is 9.84 Å². The molecule has 0 atom stereocenters. The van der Waals surface area contributed by atoms with Crippen molar-refractivity contribution in [3.63, 3.8) is 0 Å². The number of aliphatic carboxylic acids is 1. The van der Waals surface area contributed by atoms with E-state index in [1.54, 1.807) is 0 Å². The minimum absolute atomic E-state index is 0.419. The van der Waals surface area contributed by atoms with Crippen molar-refractivity contribution in [3.05, 3.63) is 0 Å². The summed E-state index contributed by atoms with van der Waals surface area (Å²) in [5, 5.41) is 7.90. The molecular formula is C8H8F6O4. The molecule has 0 saturated carbocycles. The average Bonchev–Trinajstić information content (AvgIpc) is 2.10. The van der Waals surface area contributed by atoms with Gasteiger partial charge in [-0.05, 0) is 0 Å². The Hall–Kier alpha value is -1.48. The first-order valence-electron chi connectivity index (χ1n) is 4.34. The van der Waals surface area contributed by atoms with E-state index < -0.39 is 49.7 Å². The van der Waals surface area contributed by atoms with Gasteiger partial charge in [0.1, 0.15) is 0 Å². The normalized spacial score (nSPS) is 13.2. The number of rotatable bonds is 8. The zero-order valence-electron chi connectivity index (χ0n) is 8.64. The van der Waals surface area contributed by atoms with Crippen molar-refractivity contribution in [1.29, 1.82) is 0 Å². The van der Waals surface area contributed by atoms with Gasteiger partial charge in [0.25, 0.3) is 18.3 Å². The molecule has 0 aromatic carbocycles. The van der Waals surface area contributed by atoms with Crippen LogP contribution in [-0.4, -0.2) is 41.9 Å². The summed E-state index contributed by atoms with van der Waals surface area (Å²) in [7, 11) is 0. The lowest BCUT2D eigenvalue weighted by atomic mass is 10.0. The van der Waals surface area contributed by atoms with E-state index in [0.29, 0.717) is 0 Å². The minimum Gasteiger partial charge on any atom is -0.477 e. The van der Waals surface area contributed by atoms with E-state index in [1.165, 1.54) is 0 Å². The first-order valence-corrected chi connectivity index (χ1v) is 4.34. The number of ether oxygens (including phenoxy) is 1. The number of carbonyl (C=O) groups is 2. The third kappa shape index (κ3) is 5.73. The van der Waals surface area contributed by atoms with Crippen molar-refractivity contribution in [2.45, 2.75) is 30.6 Å². The first kappa shape index (κ1) is 16.5. The zero-order valence-corrected chi connectivity index (χ0v) is 8.64. The number of hydrogen-bond acceptors (Lipinski definition) is 3. The third-order valence-electron chi connectivity index (χ3n) is 1.67. The number of alkyl halides is 6. The van der Waals surface area contributed by atoms with Crippen LogP contribution in [0, 0.1) is 0 Å². The Labute approximate surface area is 96.5 Å². The van der Waals surface area contributed by atoms with Crippen molar-refractivity contribution in [2.75, 3.05) is 6.61 Å². The predicted molar refractivity (Wildman–Crippen MR) is 43.7 cm³/mol. The van der Waals surface area contributed by atoms with Crippen LogP contribution in [0.4, 0.5) is 26.3 Å². The summed E-state index contributed by atoms with van der Waals surface area (Å²) in [5.41, 5.74) is 0. The van der Waals surface area contributed by atoms with Crippen molar-refractivity contribution >= 4 is 12.4 Å². The number of hydrogen-bond donors (Lipinski definition) is 1. The Kier molecular flexibility index (Phi) is 4.99. The van der Waals surface area contributed by atoms with Crippen LogP contribution >= 0.6 is 0 Å². The lowest BCUT2D eigenvalue weighted by molar-refractivity contribution is -0.192. The van der Waals surface area contributed by atoms with Gasteiger partial charge in [0.15, 0.2) is 6.61 Å². The molecule has 1 N–H and O–H groups in total. The molecule has 0 heterocycles. The second kappa shape index (κ2) is 5.44. The number of carboxylic acid groups (broad SMARTS) is 1. The Morgan fingerprint density at radius 2 is 1.56 bits per heavy atom. The summed E-state index contributed by atoms with van der Waals surface area (Å²) in [6, 6.07) is 0. The molecule has 18 heavy (non-hydrogen) atoms. The number of carboxylic acids is 1. The smallest absolute Gasteiger partial charge is 0.374 e. The van der Waals surface area contributed by atoms with Gasteiger partial charge in [-0.2, -0.15) is 8.78 Å². The Balaban J connectivity index is 4.64. The van der Waals surface area contributed by atoms with Crippen LogP contribution in [0.25, 0.3) is 0 Å². The summed E-state index contributed by atoms with van der Waals surface area (Å²) < 4.78 is 79.6. The fraction of sp³-hybridized carbons (Fsp3) is 0.750. The molecule has 0 aromatic rings. The van der Waals surface area contributed by atoms with Crippen molar-refractivity contribution in [2.24, 2.45) is 0 Å². The van der Waals surface area contributed by atoms with Gasteiger partial charge in [-0.15, -0.1) is 0 Å². The average molecular weight is 282 g/mol. The molecule has 0 saturated heterocycles. The lowest BCUT2D eigenvalue weighted by Gasteiger charge is -2.24. The van der Waals surface area contributed by atoms with Gasteiger partial charge in [-0.3, -0.25) is 4.79 Å². The quantitative estimate of drug-likeness (QED) is 0.546. The molecule has 0 aromatic heterocycles. The van der Waals surface area contributed by atoms with Crippen molar-refractivity contribution in [1.82, 2.24) is 0 Å². The maximum absolute atomic E-state index is 12.8. The van der Waals surface area contributed by atoms with Crippen LogP contribution in [0.15, 0.2) is 0 Å². The van der Waals surface area contributed by atoms with Crippen LogP contribution in [0.1, 0.15) is 12.8 Å². The first-order chi connectivity index (χ1) is 7.92. The van der Waals surface area contributed by atoms with Gasteiger partial charge in [0.2, 0.25) is 0 Å². The van der Waals surface area contributed by atoms with E-state index in [4.69, 9.17) is 5.11 Å². The van der Waals surface area contributed by atoms with E-state index in [9.17, 15) is 35.9 Å². The second-order valence-corrected chi connectivity index (χ2v) is 3.48. The highest BCUT2D eigenvalue weighted by Crippen LogP contribution is 2.38. The molecule has 0 radical (unpaired) electrons. The van der Waals surface area contributed by atoms with E-state index in [1.807, 2.05) is 0 Å². The Bertz CT molecular complexity index is 317. The fourth-order valence-corrected chi connectivity index (χ4v) is 1.05. The molecule has 0 spiro atoms. The van der Waals surface area contributed by atoms with E-state index in [2.05, 4.69) is 4.74 Å². The molecular weight excluding hydrogens is 274 g/mol. The number of halogens is 6. The van der Waals surface area contributed by atoms with E-state index in [-0.39, 0.29) is 0 Å². The summed E-state index contributed by atoms with van der Waals surface area (Å²) in [5.74, 6) is -16.5. The van der Waals surface area contributed by atoms with Crippen LogP contribution in [0.5, 0.6) is 0 Å². The maximum atomic E-state index is 12.8. The summed E-state index contributed by atoms with van der Waals surface area (Å²) in [6.07, 6.45) is -4.91. The molecule has 10 heteroatoms. The van der Waals surface area contributed by atoms with E-state index >= 15 is 0 Å². The maximum Gasteiger partial charge on any atom is 0.374 e. The monoisotopic (exact) mass is 282 g/mol. The molecule has 0 unspecified atom stereocenters. The predicted octanol–water partition coefficient (Wildman–Crippen LogP) is 1.93.